The minimum atomic E-state index is -0.101. The minimum absolute atomic E-state index is 0.101. The highest BCUT2D eigenvalue weighted by Gasteiger charge is 2.20. The first-order chi connectivity index (χ1) is 12.2. The SMILES string of the molecule is COC1=CC(CC2=c3cc(OC)c(OC)cc3=CCN2)C=CC1OC. The summed E-state index contributed by atoms with van der Waals surface area (Å²) in [6.07, 6.45) is 9.26. The molecule has 2 aliphatic rings. The highest BCUT2D eigenvalue weighted by atomic mass is 16.5. The Labute approximate surface area is 148 Å². The molecule has 1 aliphatic carbocycles. The summed E-state index contributed by atoms with van der Waals surface area (Å²) in [4.78, 5) is 0. The first-order valence-electron chi connectivity index (χ1n) is 8.36. The fraction of sp³-hybridized carbons (Fsp3) is 0.400. The maximum atomic E-state index is 5.46. The smallest absolute Gasteiger partial charge is 0.161 e. The third kappa shape index (κ3) is 3.51. The summed E-state index contributed by atoms with van der Waals surface area (Å²) in [6, 6.07) is 4.07. The van der Waals surface area contributed by atoms with Crippen molar-refractivity contribution < 1.29 is 18.9 Å². The maximum Gasteiger partial charge on any atom is 0.161 e. The van der Waals surface area contributed by atoms with E-state index < -0.39 is 0 Å². The van der Waals surface area contributed by atoms with E-state index in [0.717, 1.165) is 40.7 Å². The van der Waals surface area contributed by atoms with Crippen molar-refractivity contribution >= 4 is 11.8 Å². The Hall–Kier alpha value is -2.40. The molecule has 0 saturated heterocycles. The third-order valence-electron chi connectivity index (χ3n) is 4.64. The van der Waals surface area contributed by atoms with Gasteiger partial charge in [0.25, 0.3) is 0 Å². The quantitative estimate of drug-likeness (QED) is 0.790. The molecule has 1 aliphatic heterocycles. The lowest BCUT2D eigenvalue weighted by molar-refractivity contribution is 0.106. The molecule has 0 bridgehead atoms. The van der Waals surface area contributed by atoms with Gasteiger partial charge in [-0.2, -0.15) is 0 Å². The highest BCUT2D eigenvalue weighted by Crippen LogP contribution is 2.25. The van der Waals surface area contributed by atoms with E-state index in [4.69, 9.17) is 18.9 Å². The standard InChI is InChI=1S/C20H25NO4/c1-22-17-6-5-13(10-18(17)23-2)9-16-15-12-20(25-4)19(24-3)11-14(15)7-8-21-16/h5-7,10-13,17,21H,8-9H2,1-4H3. The van der Waals surface area contributed by atoms with E-state index in [0.29, 0.717) is 0 Å². The topological polar surface area (TPSA) is 49.0 Å². The summed E-state index contributed by atoms with van der Waals surface area (Å²) >= 11 is 0. The third-order valence-corrected chi connectivity index (χ3v) is 4.64. The molecular formula is C20H25NO4. The number of fused-ring (bicyclic) bond motifs is 1. The van der Waals surface area contributed by atoms with Crippen molar-refractivity contribution in [1.82, 2.24) is 5.32 Å². The second-order valence-electron chi connectivity index (χ2n) is 6.04. The molecular weight excluding hydrogens is 318 g/mol. The van der Waals surface area contributed by atoms with Gasteiger partial charge in [0.05, 0.1) is 21.3 Å². The Bertz CT molecular complexity index is 810. The van der Waals surface area contributed by atoms with E-state index in [2.05, 4.69) is 29.6 Å². The average Bonchev–Trinajstić information content (AvgIpc) is 2.66. The van der Waals surface area contributed by atoms with Crippen molar-refractivity contribution in [2.45, 2.75) is 12.5 Å². The minimum Gasteiger partial charge on any atom is -0.498 e. The van der Waals surface area contributed by atoms with E-state index in [-0.39, 0.29) is 12.0 Å². The van der Waals surface area contributed by atoms with Gasteiger partial charge in [0.1, 0.15) is 11.9 Å². The predicted octanol–water partition coefficient (Wildman–Crippen LogP) is 1.32. The number of rotatable bonds is 6. The van der Waals surface area contributed by atoms with Crippen LogP contribution in [-0.4, -0.2) is 41.1 Å². The second kappa shape index (κ2) is 7.66. The Balaban J connectivity index is 1.97. The van der Waals surface area contributed by atoms with Crippen LogP contribution in [0, 0.1) is 5.92 Å². The number of ether oxygens (including phenoxy) is 4. The molecule has 0 spiro atoms. The van der Waals surface area contributed by atoms with Gasteiger partial charge in [0, 0.05) is 30.5 Å². The molecule has 2 atom stereocenters. The first kappa shape index (κ1) is 17.4. The molecule has 25 heavy (non-hydrogen) atoms. The van der Waals surface area contributed by atoms with Gasteiger partial charge >= 0.3 is 0 Å². The molecule has 1 aromatic carbocycles. The zero-order valence-corrected chi connectivity index (χ0v) is 15.2. The Morgan fingerprint density at radius 2 is 1.76 bits per heavy atom. The second-order valence-corrected chi connectivity index (χ2v) is 6.04. The number of benzene rings is 1. The maximum absolute atomic E-state index is 5.46. The van der Waals surface area contributed by atoms with E-state index in [9.17, 15) is 0 Å². The monoisotopic (exact) mass is 343 g/mol. The van der Waals surface area contributed by atoms with Gasteiger partial charge in [0.2, 0.25) is 0 Å². The fourth-order valence-corrected chi connectivity index (χ4v) is 3.33. The average molecular weight is 343 g/mol. The van der Waals surface area contributed by atoms with E-state index in [1.54, 1.807) is 28.4 Å². The molecule has 0 saturated carbocycles. The zero-order valence-electron chi connectivity index (χ0n) is 15.2. The molecule has 5 nitrogen and oxygen atoms in total. The summed E-state index contributed by atoms with van der Waals surface area (Å²) in [5.74, 6) is 2.59. The fourth-order valence-electron chi connectivity index (χ4n) is 3.33. The Kier molecular flexibility index (Phi) is 5.34. The summed E-state index contributed by atoms with van der Waals surface area (Å²) in [7, 11) is 6.69. The largest absolute Gasteiger partial charge is 0.498 e. The molecule has 0 aromatic heterocycles. The zero-order chi connectivity index (χ0) is 17.8. The lowest BCUT2D eigenvalue weighted by Gasteiger charge is -2.23. The van der Waals surface area contributed by atoms with Gasteiger partial charge in [-0.25, -0.2) is 0 Å². The lowest BCUT2D eigenvalue weighted by atomic mass is 9.94. The van der Waals surface area contributed by atoms with Crippen LogP contribution in [0.5, 0.6) is 11.5 Å². The summed E-state index contributed by atoms with van der Waals surface area (Å²) < 4.78 is 21.7. The summed E-state index contributed by atoms with van der Waals surface area (Å²) in [5, 5.41) is 5.81. The number of methoxy groups -OCH3 is 4. The molecule has 5 heteroatoms. The van der Waals surface area contributed by atoms with Crippen LogP contribution in [0.25, 0.3) is 11.8 Å². The van der Waals surface area contributed by atoms with Crippen LogP contribution in [-0.2, 0) is 9.47 Å². The van der Waals surface area contributed by atoms with Crippen LogP contribution in [0.15, 0.2) is 36.1 Å². The molecule has 3 rings (SSSR count). The summed E-state index contributed by atoms with van der Waals surface area (Å²) in [5.41, 5.74) is 1.19. The normalized spacial score (nSPS) is 21.6. The van der Waals surface area contributed by atoms with Crippen molar-refractivity contribution in [2.75, 3.05) is 35.0 Å². The van der Waals surface area contributed by atoms with Crippen LogP contribution < -0.4 is 25.2 Å². The van der Waals surface area contributed by atoms with Gasteiger partial charge in [-0.15, -0.1) is 0 Å². The molecule has 1 heterocycles. The van der Waals surface area contributed by atoms with Gasteiger partial charge < -0.3 is 24.3 Å². The Morgan fingerprint density at radius 3 is 2.44 bits per heavy atom. The molecule has 134 valence electrons. The van der Waals surface area contributed by atoms with Crippen LogP contribution in [0.3, 0.4) is 0 Å². The predicted molar refractivity (Wildman–Crippen MR) is 97.8 cm³/mol. The number of hydrogen-bond acceptors (Lipinski definition) is 5. The van der Waals surface area contributed by atoms with Crippen molar-refractivity contribution in [3.05, 3.63) is 46.6 Å². The van der Waals surface area contributed by atoms with Crippen molar-refractivity contribution in [3.8, 4) is 11.5 Å². The van der Waals surface area contributed by atoms with E-state index >= 15 is 0 Å². The summed E-state index contributed by atoms with van der Waals surface area (Å²) in [6.45, 7) is 0.801. The number of allylic oxidation sites excluding steroid dienone is 2. The Morgan fingerprint density at radius 1 is 1.00 bits per heavy atom. The van der Waals surface area contributed by atoms with Crippen LogP contribution >= 0.6 is 0 Å². The lowest BCUT2D eigenvalue weighted by Crippen LogP contribution is -2.38. The van der Waals surface area contributed by atoms with E-state index in [1.807, 2.05) is 12.1 Å². The van der Waals surface area contributed by atoms with Gasteiger partial charge in [-0.1, -0.05) is 18.2 Å². The van der Waals surface area contributed by atoms with Crippen LogP contribution in [0.4, 0.5) is 0 Å². The molecule has 0 radical (unpaired) electrons. The van der Waals surface area contributed by atoms with Gasteiger partial charge in [-0.05, 0) is 29.8 Å². The van der Waals surface area contributed by atoms with E-state index in [1.165, 1.54) is 5.70 Å². The molecule has 2 unspecified atom stereocenters. The van der Waals surface area contributed by atoms with Crippen molar-refractivity contribution in [2.24, 2.45) is 5.92 Å². The molecule has 0 fully saturated rings. The molecule has 1 N–H and O–H groups in total. The molecule has 0 amide bonds. The van der Waals surface area contributed by atoms with Crippen LogP contribution in [0.2, 0.25) is 0 Å². The van der Waals surface area contributed by atoms with Gasteiger partial charge in [-0.3, -0.25) is 0 Å². The van der Waals surface area contributed by atoms with Gasteiger partial charge in [0.15, 0.2) is 11.5 Å². The number of nitrogens with one attached hydrogen (secondary N) is 1. The first-order valence-corrected chi connectivity index (χ1v) is 8.36. The van der Waals surface area contributed by atoms with Crippen molar-refractivity contribution in [3.63, 3.8) is 0 Å². The molecule has 1 aromatic rings. The van der Waals surface area contributed by atoms with Crippen LogP contribution in [0.1, 0.15) is 6.42 Å². The van der Waals surface area contributed by atoms with Crippen molar-refractivity contribution in [1.29, 1.82) is 0 Å². The highest BCUT2D eigenvalue weighted by molar-refractivity contribution is 5.55. The number of hydrogen-bond donors (Lipinski definition) is 1.